The smallest absolute Gasteiger partial charge is 0.255 e. The quantitative estimate of drug-likeness (QED) is 0.597. The summed E-state index contributed by atoms with van der Waals surface area (Å²) in [6, 6.07) is 12.3. The summed E-state index contributed by atoms with van der Waals surface area (Å²) in [4.78, 5) is 36.5. The normalized spacial score (nSPS) is 11.4. The summed E-state index contributed by atoms with van der Waals surface area (Å²) >= 11 is 1.58. The summed E-state index contributed by atoms with van der Waals surface area (Å²) < 4.78 is 5.21. The van der Waals surface area contributed by atoms with Gasteiger partial charge in [0.25, 0.3) is 5.91 Å². The minimum Gasteiger partial charge on any atom is -0.496 e. The predicted molar refractivity (Wildman–Crippen MR) is 111 cm³/mol. The number of carbonyl (C=O) groups is 3. The molecule has 2 aromatic rings. The highest BCUT2D eigenvalue weighted by Crippen LogP contribution is 2.18. The summed E-state index contributed by atoms with van der Waals surface area (Å²) in [5.41, 5.74) is 6.43. The number of amides is 3. The van der Waals surface area contributed by atoms with Gasteiger partial charge in [0.05, 0.1) is 12.7 Å². The minimum atomic E-state index is -0.722. The maximum atomic E-state index is 12.7. The molecule has 0 spiro atoms. The first-order valence-corrected chi connectivity index (χ1v) is 9.99. The molecule has 2 rings (SSSR count). The highest BCUT2D eigenvalue weighted by molar-refractivity contribution is 7.98. The van der Waals surface area contributed by atoms with Gasteiger partial charge in [0.15, 0.2) is 0 Å². The number of benzene rings is 2. The molecule has 3 amide bonds. The maximum Gasteiger partial charge on any atom is 0.255 e. The molecule has 2 aromatic carbocycles. The minimum absolute atomic E-state index is 0.343. The third kappa shape index (κ3) is 5.75. The largest absolute Gasteiger partial charge is 0.496 e. The van der Waals surface area contributed by atoms with Crippen molar-refractivity contribution in [1.29, 1.82) is 0 Å². The van der Waals surface area contributed by atoms with E-state index in [0.29, 0.717) is 34.7 Å². The van der Waals surface area contributed by atoms with Crippen molar-refractivity contribution >= 4 is 35.2 Å². The molecule has 7 nitrogen and oxygen atoms in total. The fourth-order valence-corrected chi connectivity index (χ4v) is 2.99. The van der Waals surface area contributed by atoms with E-state index in [1.165, 1.54) is 19.2 Å². The van der Waals surface area contributed by atoms with Gasteiger partial charge in [-0.25, -0.2) is 0 Å². The molecule has 0 bridgehead atoms. The molecular weight excluding hydrogens is 378 g/mol. The van der Waals surface area contributed by atoms with Crippen LogP contribution in [0.15, 0.2) is 48.5 Å². The lowest BCUT2D eigenvalue weighted by molar-refractivity contribution is -0.118. The summed E-state index contributed by atoms with van der Waals surface area (Å²) in [7, 11) is 1.49. The Morgan fingerprint density at radius 3 is 2.39 bits per heavy atom. The monoisotopic (exact) mass is 401 g/mol. The average molecular weight is 401 g/mol. The van der Waals surface area contributed by atoms with Gasteiger partial charge in [0, 0.05) is 11.3 Å². The van der Waals surface area contributed by atoms with Crippen LogP contribution in [0.1, 0.15) is 27.1 Å². The fraction of sp³-hybridized carbons (Fsp3) is 0.250. The van der Waals surface area contributed by atoms with E-state index in [-0.39, 0.29) is 11.8 Å². The van der Waals surface area contributed by atoms with Crippen molar-refractivity contribution in [3.8, 4) is 5.75 Å². The molecule has 0 radical (unpaired) electrons. The number of rotatable bonds is 9. The standard InChI is InChI=1S/C20H23N3O4S/c1-27-17-6-4-3-5-15(17)19(25)23-16(11-12-28-2)20(26)22-14-9-7-13(8-10-14)18(21)24/h3-10,16H,11-12H2,1-2H3,(H2,21,24)(H,22,26)(H,23,25). The summed E-state index contributed by atoms with van der Waals surface area (Å²) in [6.45, 7) is 0. The lowest BCUT2D eigenvalue weighted by Gasteiger charge is -2.19. The van der Waals surface area contributed by atoms with Gasteiger partial charge in [0.2, 0.25) is 11.8 Å². The van der Waals surface area contributed by atoms with Gasteiger partial charge in [-0.3, -0.25) is 14.4 Å². The fourth-order valence-electron chi connectivity index (χ4n) is 2.52. The molecule has 1 atom stereocenters. The Morgan fingerprint density at radius 2 is 1.79 bits per heavy atom. The van der Waals surface area contributed by atoms with Crippen molar-refractivity contribution < 1.29 is 19.1 Å². The van der Waals surface area contributed by atoms with Crippen LogP contribution >= 0.6 is 11.8 Å². The maximum absolute atomic E-state index is 12.7. The molecule has 0 aliphatic heterocycles. The molecule has 0 saturated heterocycles. The van der Waals surface area contributed by atoms with Crippen molar-refractivity contribution in [2.24, 2.45) is 5.73 Å². The van der Waals surface area contributed by atoms with Crippen LogP contribution in [-0.2, 0) is 4.79 Å². The molecule has 0 aliphatic rings. The van der Waals surface area contributed by atoms with E-state index < -0.39 is 11.9 Å². The van der Waals surface area contributed by atoms with Crippen molar-refractivity contribution in [2.75, 3.05) is 24.4 Å². The van der Waals surface area contributed by atoms with E-state index in [4.69, 9.17) is 10.5 Å². The third-order valence-electron chi connectivity index (χ3n) is 4.02. The number of para-hydroxylation sites is 1. The molecule has 28 heavy (non-hydrogen) atoms. The van der Waals surface area contributed by atoms with E-state index in [9.17, 15) is 14.4 Å². The van der Waals surface area contributed by atoms with Crippen molar-refractivity contribution in [3.63, 3.8) is 0 Å². The van der Waals surface area contributed by atoms with Crippen LogP contribution in [0.5, 0.6) is 5.75 Å². The number of anilines is 1. The molecule has 148 valence electrons. The second kappa shape index (κ2) is 10.4. The lowest BCUT2D eigenvalue weighted by Crippen LogP contribution is -2.44. The van der Waals surface area contributed by atoms with Gasteiger partial charge in [-0.15, -0.1) is 0 Å². The second-order valence-corrected chi connectivity index (χ2v) is 6.92. The summed E-state index contributed by atoms with van der Waals surface area (Å²) in [6.07, 6.45) is 2.40. The number of hydrogen-bond acceptors (Lipinski definition) is 5. The first kappa shape index (κ1) is 21.3. The lowest BCUT2D eigenvalue weighted by atomic mass is 10.1. The molecule has 4 N–H and O–H groups in total. The van der Waals surface area contributed by atoms with Crippen molar-refractivity contribution in [1.82, 2.24) is 5.32 Å². The number of ether oxygens (including phenoxy) is 1. The molecule has 1 unspecified atom stereocenters. The van der Waals surface area contributed by atoms with Gasteiger partial charge in [-0.05, 0) is 54.8 Å². The Kier molecular flexibility index (Phi) is 7.88. The molecule has 8 heteroatoms. The van der Waals surface area contributed by atoms with Crippen LogP contribution in [0, 0.1) is 0 Å². The van der Waals surface area contributed by atoms with E-state index in [1.807, 2.05) is 6.26 Å². The highest BCUT2D eigenvalue weighted by Gasteiger charge is 2.22. The zero-order valence-electron chi connectivity index (χ0n) is 15.7. The Bertz CT molecular complexity index is 840. The number of nitrogens with one attached hydrogen (secondary N) is 2. The van der Waals surface area contributed by atoms with Crippen molar-refractivity contribution in [2.45, 2.75) is 12.5 Å². The zero-order valence-corrected chi connectivity index (χ0v) is 16.5. The number of carbonyl (C=O) groups excluding carboxylic acids is 3. The Hall–Kier alpha value is -3.00. The van der Waals surface area contributed by atoms with Crippen LogP contribution in [0.4, 0.5) is 5.69 Å². The highest BCUT2D eigenvalue weighted by atomic mass is 32.2. The Labute approximate surface area is 168 Å². The van der Waals surface area contributed by atoms with E-state index in [0.717, 1.165) is 0 Å². The average Bonchev–Trinajstić information content (AvgIpc) is 2.71. The number of thioether (sulfide) groups is 1. The van der Waals surface area contributed by atoms with Gasteiger partial charge in [-0.2, -0.15) is 11.8 Å². The van der Waals surface area contributed by atoms with E-state index >= 15 is 0 Å². The molecule has 0 aromatic heterocycles. The van der Waals surface area contributed by atoms with Gasteiger partial charge < -0.3 is 21.1 Å². The number of nitrogens with two attached hydrogens (primary N) is 1. The third-order valence-corrected chi connectivity index (χ3v) is 4.66. The van der Waals surface area contributed by atoms with Crippen LogP contribution in [0.3, 0.4) is 0 Å². The van der Waals surface area contributed by atoms with Crippen molar-refractivity contribution in [3.05, 3.63) is 59.7 Å². The summed E-state index contributed by atoms with van der Waals surface area (Å²) in [5.74, 6) is -0.136. The Balaban J connectivity index is 2.12. The second-order valence-electron chi connectivity index (χ2n) is 5.94. The number of hydrogen-bond donors (Lipinski definition) is 3. The van der Waals surface area contributed by atoms with E-state index in [1.54, 1.807) is 48.2 Å². The molecule has 0 saturated carbocycles. The molecular formula is C20H23N3O4S. The van der Waals surface area contributed by atoms with Crippen LogP contribution in [-0.4, -0.2) is 42.9 Å². The first-order valence-electron chi connectivity index (χ1n) is 8.59. The number of methoxy groups -OCH3 is 1. The first-order chi connectivity index (χ1) is 13.5. The SMILES string of the molecule is COc1ccccc1C(=O)NC(CCSC)C(=O)Nc1ccc(C(N)=O)cc1. The van der Waals surface area contributed by atoms with E-state index in [2.05, 4.69) is 10.6 Å². The van der Waals surface area contributed by atoms with Gasteiger partial charge in [-0.1, -0.05) is 12.1 Å². The Morgan fingerprint density at radius 1 is 1.11 bits per heavy atom. The van der Waals surface area contributed by atoms with Gasteiger partial charge in [0.1, 0.15) is 11.8 Å². The van der Waals surface area contributed by atoms with Gasteiger partial charge >= 0.3 is 0 Å². The topological polar surface area (TPSA) is 111 Å². The van der Waals surface area contributed by atoms with Crippen LogP contribution in [0.2, 0.25) is 0 Å². The van der Waals surface area contributed by atoms with Crippen LogP contribution in [0.25, 0.3) is 0 Å². The predicted octanol–water partition coefficient (Wildman–Crippen LogP) is 2.28. The summed E-state index contributed by atoms with van der Waals surface area (Å²) in [5, 5.41) is 5.53. The zero-order chi connectivity index (χ0) is 20.5. The van der Waals surface area contributed by atoms with Crippen LogP contribution < -0.4 is 21.1 Å². The molecule has 0 heterocycles. The number of primary amides is 1. The molecule has 0 fully saturated rings. The molecule has 0 aliphatic carbocycles.